The van der Waals surface area contributed by atoms with Crippen molar-refractivity contribution in [2.45, 2.75) is 5.75 Å². The lowest BCUT2D eigenvalue weighted by Crippen LogP contribution is -2.24. The van der Waals surface area contributed by atoms with Gasteiger partial charge in [0.15, 0.2) is 9.84 Å². The number of anilines is 1. The molecule has 0 aliphatic carbocycles. The maximum absolute atomic E-state index is 12.2. The summed E-state index contributed by atoms with van der Waals surface area (Å²) in [6.45, 7) is 0. The molecule has 0 aromatic heterocycles. The Balaban J connectivity index is 2.03. The smallest absolute Gasteiger partial charge is 0.239 e. The lowest BCUT2D eigenvalue weighted by atomic mass is 10.1. The van der Waals surface area contributed by atoms with E-state index in [0.29, 0.717) is 16.8 Å². The fourth-order valence-corrected chi connectivity index (χ4v) is 3.43. The highest BCUT2D eigenvalue weighted by Crippen LogP contribution is 2.11. The van der Waals surface area contributed by atoms with Crippen molar-refractivity contribution in [1.82, 2.24) is 0 Å². The topological polar surface area (TPSA) is 89.3 Å². The molecule has 5 nitrogen and oxygen atoms in total. The van der Waals surface area contributed by atoms with Crippen molar-refractivity contribution in [2.24, 2.45) is 5.73 Å². The summed E-state index contributed by atoms with van der Waals surface area (Å²) in [5.41, 5.74) is 7.23. The molecule has 2 aromatic rings. The lowest BCUT2D eigenvalue weighted by molar-refractivity contribution is -0.113. The van der Waals surface area contributed by atoms with E-state index in [0.717, 1.165) is 0 Å². The third-order valence-corrected chi connectivity index (χ3v) is 4.72. The number of rotatable bonds is 6. The molecular weight excluding hydrogens is 332 g/mol. The minimum atomic E-state index is -3.59. The van der Waals surface area contributed by atoms with Crippen LogP contribution >= 0.6 is 12.2 Å². The number of thiocarbonyl (C=S) groups is 1. The first-order chi connectivity index (χ1) is 10.9. The predicted octanol–water partition coefficient (Wildman–Crippen LogP) is 1.87. The number of hydrogen-bond acceptors (Lipinski definition) is 4. The van der Waals surface area contributed by atoms with E-state index in [2.05, 4.69) is 5.32 Å². The third-order valence-electron chi connectivity index (χ3n) is 3.01. The van der Waals surface area contributed by atoms with Gasteiger partial charge in [0.2, 0.25) is 5.91 Å². The van der Waals surface area contributed by atoms with E-state index < -0.39 is 21.5 Å². The molecule has 0 saturated carbocycles. The number of amides is 1. The fraction of sp³-hybridized carbons (Fsp3) is 0.125. The molecule has 0 fully saturated rings. The Bertz CT molecular complexity index is 818. The summed E-state index contributed by atoms with van der Waals surface area (Å²) in [6.07, 6.45) is 0. The molecule has 0 saturated heterocycles. The highest BCUT2D eigenvalue weighted by atomic mass is 32.2. The molecule has 1 amide bonds. The molecule has 0 unspecified atom stereocenters. The molecule has 2 rings (SSSR count). The average molecular weight is 348 g/mol. The molecule has 0 bridgehead atoms. The van der Waals surface area contributed by atoms with Gasteiger partial charge in [-0.05, 0) is 23.8 Å². The zero-order valence-corrected chi connectivity index (χ0v) is 13.9. The highest BCUT2D eigenvalue weighted by Gasteiger charge is 2.18. The Labute approximate surface area is 140 Å². The summed E-state index contributed by atoms with van der Waals surface area (Å²) in [5, 5.41) is 2.55. The predicted molar refractivity (Wildman–Crippen MR) is 94.9 cm³/mol. The summed E-state index contributed by atoms with van der Waals surface area (Å²) in [7, 11) is -3.59. The van der Waals surface area contributed by atoms with Crippen molar-refractivity contribution in [1.29, 1.82) is 0 Å². The summed E-state index contributed by atoms with van der Waals surface area (Å²) >= 11 is 4.87. The Morgan fingerprint density at radius 2 is 1.78 bits per heavy atom. The van der Waals surface area contributed by atoms with Crippen LogP contribution < -0.4 is 11.1 Å². The van der Waals surface area contributed by atoms with Crippen molar-refractivity contribution in [2.75, 3.05) is 11.1 Å². The van der Waals surface area contributed by atoms with Gasteiger partial charge >= 0.3 is 0 Å². The Kier molecular flexibility index (Phi) is 5.46. The van der Waals surface area contributed by atoms with Gasteiger partial charge in [-0.25, -0.2) is 8.42 Å². The van der Waals surface area contributed by atoms with Crippen LogP contribution in [0.5, 0.6) is 0 Å². The van der Waals surface area contributed by atoms with Gasteiger partial charge in [-0.15, -0.1) is 0 Å². The second-order valence-electron chi connectivity index (χ2n) is 5.01. The molecule has 2 aromatic carbocycles. The minimum Gasteiger partial charge on any atom is -0.389 e. The maximum Gasteiger partial charge on any atom is 0.239 e. The summed E-state index contributed by atoms with van der Waals surface area (Å²) < 4.78 is 24.3. The normalized spacial score (nSPS) is 11.0. The van der Waals surface area contributed by atoms with Crippen LogP contribution in [0.4, 0.5) is 5.69 Å². The van der Waals surface area contributed by atoms with Crippen LogP contribution in [0, 0.1) is 0 Å². The Hall–Kier alpha value is -2.25. The zero-order valence-electron chi connectivity index (χ0n) is 12.2. The molecule has 23 heavy (non-hydrogen) atoms. The first kappa shape index (κ1) is 17.1. The van der Waals surface area contributed by atoms with E-state index >= 15 is 0 Å². The SMILES string of the molecule is NC(=S)c1cccc(CS(=O)(=O)CC(=O)Nc2ccccc2)c1. The number of nitrogens with one attached hydrogen (secondary N) is 1. The molecular formula is C16H16N2O3S2. The van der Waals surface area contributed by atoms with Crippen molar-refractivity contribution in [3.63, 3.8) is 0 Å². The van der Waals surface area contributed by atoms with Crippen molar-refractivity contribution in [3.8, 4) is 0 Å². The van der Waals surface area contributed by atoms with Crippen LogP contribution in [0.2, 0.25) is 0 Å². The fourth-order valence-electron chi connectivity index (χ4n) is 2.04. The van der Waals surface area contributed by atoms with E-state index in [9.17, 15) is 13.2 Å². The molecule has 0 heterocycles. The van der Waals surface area contributed by atoms with E-state index in [1.165, 1.54) is 0 Å². The van der Waals surface area contributed by atoms with Gasteiger partial charge in [-0.3, -0.25) is 4.79 Å². The first-order valence-corrected chi connectivity index (χ1v) is 9.03. The average Bonchev–Trinajstić information content (AvgIpc) is 2.47. The number of sulfone groups is 1. The van der Waals surface area contributed by atoms with E-state index in [4.69, 9.17) is 18.0 Å². The van der Waals surface area contributed by atoms with Gasteiger partial charge in [0.05, 0.1) is 5.75 Å². The number of nitrogens with two attached hydrogens (primary N) is 1. The van der Waals surface area contributed by atoms with Crippen LogP contribution in [0.25, 0.3) is 0 Å². The van der Waals surface area contributed by atoms with Gasteiger partial charge in [0.1, 0.15) is 10.7 Å². The summed E-state index contributed by atoms with van der Waals surface area (Å²) in [5.74, 6) is -1.40. The standard InChI is InChI=1S/C16H16N2O3S2/c17-16(22)13-6-4-5-12(9-13)10-23(20,21)11-15(19)18-14-7-2-1-3-8-14/h1-9H,10-11H2,(H2,17,22)(H,18,19). The Morgan fingerprint density at radius 1 is 1.09 bits per heavy atom. The third kappa shape index (κ3) is 5.46. The molecule has 0 radical (unpaired) electrons. The second kappa shape index (κ2) is 7.34. The maximum atomic E-state index is 12.2. The molecule has 0 spiro atoms. The van der Waals surface area contributed by atoms with Gasteiger partial charge in [0, 0.05) is 11.3 Å². The first-order valence-electron chi connectivity index (χ1n) is 6.80. The summed E-state index contributed by atoms with van der Waals surface area (Å²) in [6, 6.07) is 15.4. The largest absolute Gasteiger partial charge is 0.389 e. The minimum absolute atomic E-state index is 0.200. The quantitative estimate of drug-likeness (QED) is 0.778. The van der Waals surface area contributed by atoms with Gasteiger partial charge in [-0.2, -0.15) is 0 Å². The summed E-state index contributed by atoms with van der Waals surface area (Å²) in [4.78, 5) is 12.1. The molecule has 0 atom stereocenters. The van der Waals surface area contributed by atoms with Crippen LogP contribution in [-0.4, -0.2) is 25.1 Å². The van der Waals surface area contributed by atoms with E-state index in [-0.39, 0.29) is 10.7 Å². The number of carbonyl (C=O) groups excluding carboxylic acids is 1. The van der Waals surface area contributed by atoms with Crippen LogP contribution in [0.1, 0.15) is 11.1 Å². The van der Waals surface area contributed by atoms with Gasteiger partial charge in [0.25, 0.3) is 0 Å². The van der Waals surface area contributed by atoms with Crippen LogP contribution in [0.15, 0.2) is 54.6 Å². The van der Waals surface area contributed by atoms with Crippen molar-refractivity contribution in [3.05, 3.63) is 65.7 Å². The number of benzene rings is 2. The molecule has 3 N–H and O–H groups in total. The second-order valence-corrected chi connectivity index (χ2v) is 7.52. The van der Waals surface area contributed by atoms with E-state index in [1.807, 2.05) is 0 Å². The van der Waals surface area contributed by atoms with Crippen molar-refractivity contribution < 1.29 is 13.2 Å². The molecule has 0 aliphatic rings. The Morgan fingerprint density at radius 3 is 2.43 bits per heavy atom. The van der Waals surface area contributed by atoms with Gasteiger partial charge < -0.3 is 11.1 Å². The van der Waals surface area contributed by atoms with E-state index in [1.54, 1.807) is 54.6 Å². The monoisotopic (exact) mass is 348 g/mol. The lowest BCUT2D eigenvalue weighted by Gasteiger charge is -2.07. The highest BCUT2D eigenvalue weighted by molar-refractivity contribution is 7.91. The number of hydrogen-bond donors (Lipinski definition) is 2. The van der Waals surface area contributed by atoms with Crippen LogP contribution in [-0.2, 0) is 20.4 Å². The van der Waals surface area contributed by atoms with Crippen LogP contribution in [0.3, 0.4) is 0 Å². The molecule has 120 valence electrons. The molecule has 0 aliphatic heterocycles. The van der Waals surface area contributed by atoms with Crippen molar-refractivity contribution >= 4 is 38.6 Å². The van der Waals surface area contributed by atoms with Gasteiger partial charge in [-0.1, -0.05) is 48.6 Å². The number of carbonyl (C=O) groups is 1. The molecule has 7 heteroatoms. The zero-order chi connectivity index (χ0) is 16.9. The number of para-hydroxylation sites is 1.